The monoisotopic (exact) mass is 549 g/mol. The molecule has 0 radical (unpaired) electrons. The number of aromatic nitrogens is 1. The van der Waals surface area contributed by atoms with Gasteiger partial charge in [-0.1, -0.05) is 48.0 Å². The van der Waals surface area contributed by atoms with Gasteiger partial charge < -0.3 is 14.6 Å². The molecule has 0 saturated carbocycles. The normalized spacial score (nSPS) is 14.5. The maximum Gasteiger partial charge on any atom is 0.294 e. The summed E-state index contributed by atoms with van der Waals surface area (Å²) in [7, 11) is 1.48. The van der Waals surface area contributed by atoms with Crippen molar-refractivity contribution in [3.8, 4) is 5.75 Å². The quantitative estimate of drug-likeness (QED) is 0.279. The van der Waals surface area contributed by atoms with Crippen molar-refractivity contribution in [1.82, 2.24) is 9.47 Å². The molecule has 0 unspecified atom stereocenters. The Morgan fingerprint density at radius 2 is 1.87 bits per heavy atom. The number of benzene rings is 3. The number of ether oxygens (including phenoxy) is 1. The van der Waals surface area contributed by atoms with Crippen molar-refractivity contribution in [3.63, 3.8) is 0 Å². The van der Waals surface area contributed by atoms with E-state index < -0.39 is 23.6 Å². The van der Waals surface area contributed by atoms with Crippen LogP contribution in [-0.2, 0) is 16.1 Å². The maximum absolute atomic E-state index is 14.3. The van der Waals surface area contributed by atoms with Gasteiger partial charge in [0.25, 0.3) is 11.1 Å². The van der Waals surface area contributed by atoms with Gasteiger partial charge in [0.05, 0.1) is 23.6 Å². The zero-order valence-corrected chi connectivity index (χ0v) is 21.7. The molecule has 1 aliphatic heterocycles. The molecular formula is C28H21ClFN3O4S. The number of carbonyl (C=O) groups excluding carboxylic acids is 3. The summed E-state index contributed by atoms with van der Waals surface area (Å²) >= 11 is 6.86. The van der Waals surface area contributed by atoms with Gasteiger partial charge in [0.15, 0.2) is 0 Å². The van der Waals surface area contributed by atoms with Gasteiger partial charge >= 0.3 is 0 Å². The number of para-hydroxylation sites is 1. The Kier molecular flexibility index (Phi) is 7.22. The van der Waals surface area contributed by atoms with Gasteiger partial charge in [0, 0.05) is 33.9 Å². The smallest absolute Gasteiger partial charge is 0.294 e. The Bertz CT molecular complexity index is 1620. The van der Waals surface area contributed by atoms with Gasteiger partial charge in [0.2, 0.25) is 5.91 Å². The van der Waals surface area contributed by atoms with E-state index >= 15 is 0 Å². The van der Waals surface area contributed by atoms with Crippen LogP contribution in [0.2, 0.25) is 5.02 Å². The average Bonchev–Trinajstić information content (AvgIpc) is 3.37. The number of hydrogen-bond donors (Lipinski definition) is 1. The highest BCUT2D eigenvalue weighted by atomic mass is 35.5. The van der Waals surface area contributed by atoms with Crippen LogP contribution in [-0.4, -0.2) is 40.2 Å². The van der Waals surface area contributed by atoms with E-state index in [0.29, 0.717) is 34.1 Å². The Morgan fingerprint density at radius 3 is 2.63 bits per heavy atom. The molecule has 2 heterocycles. The van der Waals surface area contributed by atoms with Gasteiger partial charge in [-0.2, -0.15) is 0 Å². The Hall–Kier alpha value is -4.08. The molecule has 192 valence electrons. The first kappa shape index (κ1) is 25.6. The van der Waals surface area contributed by atoms with E-state index in [2.05, 4.69) is 5.32 Å². The first-order valence-electron chi connectivity index (χ1n) is 11.5. The van der Waals surface area contributed by atoms with Crippen LogP contribution >= 0.6 is 23.4 Å². The molecule has 1 fully saturated rings. The molecule has 5 rings (SSSR count). The minimum atomic E-state index is -0.561. The number of methoxy groups -OCH3 is 1. The van der Waals surface area contributed by atoms with E-state index in [1.807, 2.05) is 35.0 Å². The van der Waals surface area contributed by atoms with Gasteiger partial charge in [-0.15, -0.1) is 0 Å². The number of fused-ring (bicyclic) bond motifs is 1. The SMILES string of the molecule is COc1ccc(NC(=O)CN2C(=O)S/C(=C\c3cn(Cc4ccccc4F)c4ccccc34)C2=O)cc1Cl. The molecule has 4 aromatic rings. The van der Waals surface area contributed by atoms with Gasteiger partial charge in [0.1, 0.15) is 18.1 Å². The van der Waals surface area contributed by atoms with E-state index in [-0.39, 0.29) is 10.7 Å². The summed E-state index contributed by atoms with van der Waals surface area (Å²) < 4.78 is 21.3. The van der Waals surface area contributed by atoms with Crippen LogP contribution in [0.3, 0.4) is 0 Å². The molecule has 0 aliphatic carbocycles. The number of hydrogen-bond acceptors (Lipinski definition) is 5. The van der Waals surface area contributed by atoms with Crippen LogP contribution in [0.5, 0.6) is 5.75 Å². The molecule has 3 aromatic carbocycles. The van der Waals surface area contributed by atoms with Gasteiger partial charge in [-0.3, -0.25) is 19.3 Å². The molecule has 10 heteroatoms. The summed E-state index contributed by atoms with van der Waals surface area (Å²) in [5.41, 5.74) is 2.51. The fraction of sp³-hybridized carbons (Fsp3) is 0.107. The lowest BCUT2D eigenvalue weighted by atomic mass is 10.1. The molecule has 7 nitrogen and oxygen atoms in total. The maximum atomic E-state index is 14.3. The number of halogens is 2. The fourth-order valence-corrected chi connectivity index (χ4v) is 5.28. The molecule has 0 atom stereocenters. The summed E-state index contributed by atoms with van der Waals surface area (Å²) in [6.07, 6.45) is 3.46. The second-order valence-corrected chi connectivity index (χ2v) is 9.89. The fourth-order valence-electron chi connectivity index (χ4n) is 4.20. The largest absolute Gasteiger partial charge is 0.495 e. The molecule has 1 aliphatic rings. The van der Waals surface area contributed by atoms with E-state index in [4.69, 9.17) is 16.3 Å². The van der Waals surface area contributed by atoms with Crippen molar-refractivity contribution in [2.24, 2.45) is 0 Å². The molecular weight excluding hydrogens is 529 g/mol. The number of nitrogens with one attached hydrogen (secondary N) is 1. The van der Waals surface area contributed by atoms with Crippen LogP contribution in [0, 0.1) is 5.82 Å². The van der Waals surface area contributed by atoms with Gasteiger partial charge in [-0.25, -0.2) is 4.39 Å². The van der Waals surface area contributed by atoms with E-state index in [1.54, 1.807) is 36.4 Å². The summed E-state index contributed by atoms with van der Waals surface area (Å²) in [5, 5.41) is 3.26. The predicted octanol–water partition coefficient (Wildman–Crippen LogP) is 6.17. The molecule has 1 aromatic heterocycles. The summed E-state index contributed by atoms with van der Waals surface area (Å²) in [5.74, 6) is -0.954. The zero-order chi connectivity index (χ0) is 26.8. The Labute approximate surface area is 226 Å². The van der Waals surface area contributed by atoms with Crippen molar-refractivity contribution in [3.05, 3.63) is 99.8 Å². The third kappa shape index (κ3) is 5.16. The highest BCUT2D eigenvalue weighted by Crippen LogP contribution is 2.34. The van der Waals surface area contributed by atoms with Crippen LogP contribution < -0.4 is 10.1 Å². The topological polar surface area (TPSA) is 80.6 Å². The lowest BCUT2D eigenvalue weighted by Crippen LogP contribution is -2.36. The van der Waals surface area contributed by atoms with Crippen molar-refractivity contribution in [2.45, 2.75) is 6.54 Å². The number of amides is 3. The molecule has 0 spiro atoms. The standard InChI is InChI=1S/C28H21ClFN3O4S/c1-37-24-11-10-19(13-21(24)29)31-26(34)16-33-27(35)25(38-28(33)36)12-18-15-32(23-9-5-3-7-20(18)23)14-17-6-2-4-8-22(17)30/h2-13,15H,14,16H2,1H3,(H,31,34)/b25-12-. The minimum Gasteiger partial charge on any atom is -0.495 e. The number of carbonyl (C=O) groups is 3. The van der Waals surface area contributed by atoms with Crippen LogP contribution in [0.4, 0.5) is 14.9 Å². The second-order valence-electron chi connectivity index (χ2n) is 8.49. The lowest BCUT2D eigenvalue weighted by Gasteiger charge is -2.13. The van der Waals surface area contributed by atoms with Crippen molar-refractivity contribution in [2.75, 3.05) is 19.0 Å². The number of imide groups is 1. The third-order valence-corrected chi connectivity index (χ3v) is 7.22. The number of thioether (sulfide) groups is 1. The Balaban J connectivity index is 1.36. The number of anilines is 1. The molecule has 0 bridgehead atoms. The number of rotatable bonds is 7. The summed E-state index contributed by atoms with van der Waals surface area (Å²) in [6.45, 7) is -0.140. The summed E-state index contributed by atoms with van der Waals surface area (Å²) in [6, 6.07) is 18.8. The van der Waals surface area contributed by atoms with Crippen molar-refractivity contribution in [1.29, 1.82) is 0 Å². The lowest BCUT2D eigenvalue weighted by molar-refractivity contribution is -0.127. The first-order valence-corrected chi connectivity index (χ1v) is 12.7. The average molecular weight is 550 g/mol. The predicted molar refractivity (Wildman–Crippen MR) is 147 cm³/mol. The highest BCUT2D eigenvalue weighted by Gasteiger charge is 2.36. The molecule has 38 heavy (non-hydrogen) atoms. The second kappa shape index (κ2) is 10.7. The zero-order valence-electron chi connectivity index (χ0n) is 20.1. The Morgan fingerprint density at radius 1 is 1.11 bits per heavy atom. The molecule has 1 saturated heterocycles. The van der Waals surface area contributed by atoms with Crippen molar-refractivity contribution < 1.29 is 23.5 Å². The van der Waals surface area contributed by atoms with Crippen molar-refractivity contribution >= 4 is 63.1 Å². The van der Waals surface area contributed by atoms with Gasteiger partial charge in [-0.05, 0) is 48.2 Å². The summed E-state index contributed by atoms with van der Waals surface area (Å²) in [4.78, 5) is 39.4. The molecule has 3 amide bonds. The van der Waals surface area contributed by atoms with Crippen LogP contribution in [0.1, 0.15) is 11.1 Å². The van der Waals surface area contributed by atoms with E-state index in [0.717, 1.165) is 27.6 Å². The highest BCUT2D eigenvalue weighted by molar-refractivity contribution is 8.18. The number of nitrogens with zero attached hydrogens (tertiary/aromatic N) is 2. The van der Waals surface area contributed by atoms with Crippen LogP contribution in [0.25, 0.3) is 17.0 Å². The third-order valence-electron chi connectivity index (χ3n) is 6.02. The van der Waals surface area contributed by atoms with E-state index in [1.165, 1.54) is 19.2 Å². The van der Waals surface area contributed by atoms with E-state index in [9.17, 15) is 18.8 Å². The first-order chi connectivity index (χ1) is 18.3. The minimum absolute atomic E-state index is 0.198. The van der Waals surface area contributed by atoms with Crippen LogP contribution in [0.15, 0.2) is 77.8 Å². The molecule has 1 N–H and O–H groups in total.